The molecule has 12 heteroatoms. The van der Waals surface area contributed by atoms with E-state index in [1.165, 1.54) is 16.7 Å². The molecule has 3 heterocycles. The molecule has 0 aliphatic carbocycles. The summed E-state index contributed by atoms with van der Waals surface area (Å²) in [5, 5.41) is 22.8. The van der Waals surface area contributed by atoms with E-state index in [-0.39, 0.29) is 57.2 Å². The van der Waals surface area contributed by atoms with Crippen molar-refractivity contribution in [2.75, 3.05) is 20.6 Å². The van der Waals surface area contributed by atoms with Crippen LogP contribution in [0.5, 0.6) is 0 Å². The molecule has 3 rings (SSSR count). The molecule has 0 saturated carbocycles. The number of carboxylic acid groups (broad SMARTS) is 1. The standard InChI is InChI=1S/C17H25N3O5S.3H2O/c1-7-12-11(8(2)21)16(23)20(12)13(17(24)25)14(7)26-9-5-10(18-6-9)15(22)19(3)4;;;/h7-12,18,21H,5-6H2,1-4H3,(H,24,25);3*1H2/t7-,8+,9+,10+,11?,12?;;;/m1.../s1. The number of carbonyl (C=O) groups excluding carboxylic acids is 2. The lowest BCUT2D eigenvalue weighted by Crippen LogP contribution is -2.63. The predicted octanol–water partition coefficient (Wildman–Crippen LogP) is -2.78. The molecular weight excluding hydrogens is 406 g/mol. The first-order valence-corrected chi connectivity index (χ1v) is 9.62. The topological polar surface area (TPSA) is 205 Å². The Kier molecular flexibility index (Phi) is 9.29. The van der Waals surface area contributed by atoms with Crippen molar-refractivity contribution < 1.29 is 41.0 Å². The Bertz CT molecular complexity index is 684. The lowest BCUT2D eigenvalue weighted by Gasteiger charge is -2.46. The number of hydrogen-bond acceptors (Lipinski definition) is 6. The minimum atomic E-state index is -1.12. The SMILES string of the molecule is C[C@H](O)C1C(=O)N2C(C(=O)O)=C(S[C@@H]3CN[C@H](C(=O)N(C)C)C3)[C@H](C)C12.O.O.O. The van der Waals surface area contributed by atoms with Crippen LogP contribution in [0.2, 0.25) is 0 Å². The monoisotopic (exact) mass is 437 g/mol. The number of fused-ring (bicyclic) bond motifs is 1. The van der Waals surface area contributed by atoms with Crippen molar-refractivity contribution in [3.05, 3.63) is 10.6 Å². The zero-order valence-corrected chi connectivity index (χ0v) is 17.6. The Morgan fingerprint density at radius 1 is 1.28 bits per heavy atom. The largest absolute Gasteiger partial charge is 0.477 e. The van der Waals surface area contributed by atoms with Crippen molar-refractivity contribution in [2.24, 2.45) is 11.8 Å². The number of aliphatic carboxylic acids is 1. The highest BCUT2D eigenvalue weighted by Gasteiger charge is 2.60. The Labute approximate surface area is 173 Å². The molecule has 0 aromatic rings. The number of hydrogen-bond donors (Lipinski definition) is 3. The Balaban J connectivity index is 0.00000261. The van der Waals surface area contributed by atoms with Crippen molar-refractivity contribution in [3.63, 3.8) is 0 Å². The van der Waals surface area contributed by atoms with Crippen molar-refractivity contribution >= 4 is 29.5 Å². The molecule has 3 aliphatic heterocycles. The molecule has 11 nitrogen and oxygen atoms in total. The summed E-state index contributed by atoms with van der Waals surface area (Å²) in [6.07, 6.45) is -0.190. The molecule has 2 fully saturated rings. The Hall–Kier alpha value is -1.70. The lowest BCUT2D eigenvalue weighted by atomic mass is 9.79. The first-order chi connectivity index (χ1) is 12.1. The second-order valence-electron chi connectivity index (χ2n) is 7.44. The number of amides is 2. The summed E-state index contributed by atoms with van der Waals surface area (Å²) in [6.45, 7) is 4.08. The molecule has 168 valence electrons. The van der Waals surface area contributed by atoms with Gasteiger partial charge in [-0.15, -0.1) is 11.8 Å². The fourth-order valence-corrected chi connectivity index (χ4v) is 5.63. The summed E-state index contributed by atoms with van der Waals surface area (Å²) in [7, 11) is 3.42. The van der Waals surface area contributed by atoms with E-state index < -0.39 is 18.0 Å². The van der Waals surface area contributed by atoms with Crippen LogP contribution in [0.15, 0.2) is 10.6 Å². The van der Waals surface area contributed by atoms with Gasteiger partial charge in [0.2, 0.25) is 11.8 Å². The molecule has 2 amide bonds. The van der Waals surface area contributed by atoms with E-state index in [1.807, 2.05) is 6.92 Å². The van der Waals surface area contributed by atoms with Crippen LogP contribution in [0.4, 0.5) is 0 Å². The van der Waals surface area contributed by atoms with Crippen LogP contribution in [0.3, 0.4) is 0 Å². The smallest absolute Gasteiger partial charge is 0.353 e. The van der Waals surface area contributed by atoms with Crippen LogP contribution in [-0.2, 0) is 14.4 Å². The minimum absolute atomic E-state index is 0. The van der Waals surface area contributed by atoms with Gasteiger partial charge in [0.15, 0.2) is 0 Å². The highest BCUT2D eigenvalue weighted by atomic mass is 32.2. The molecule has 0 aromatic carbocycles. The number of aliphatic hydroxyl groups excluding tert-OH is 1. The van der Waals surface area contributed by atoms with Gasteiger partial charge in [0.1, 0.15) is 5.70 Å². The molecule has 3 aliphatic rings. The number of β-lactam (4-membered cyclic amide) rings is 1. The van der Waals surface area contributed by atoms with Crippen molar-refractivity contribution in [3.8, 4) is 0 Å². The van der Waals surface area contributed by atoms with Gasteiger partial charge in [-0.05, 0) is 13.3 Å². The van der Waals surface area contributed by atoms with E-state index in [4.69, 9.17) is 0 Å². The normalized spacial score (nSPS) is 31.0. The number of rotatable bonds is 5. The third-order valence-corrected chi connectivity index (χ3v) is 6.95. The van der Waals surface area contributed by atoms with E-state index in [2.05, 4.69) is 5.32 Å². The van der Waals surface area contributed by atoms with Crippen LogP contribution in [0.25, 0.3) is 0 Å². The molecule has 0 radical (unpaired) electrons. The first kappa shape index (κ1) is 27.3. The molecule has 2 saturated heterocycles. The molecule has 0 spiro atoms. The summed E-state index contributed by atoms with van der Waals surface area (Å²) in [5.74, 6) is -2.14. The van der Waals surface area contributed by atoms with Crippen LogP contribution >= 0.6 is 11.8 Å². The summed E-state index contributed by atoms with van der Waals surface area (Å²) < 4.78 is 0. The van der Waals surface area contributed by atoms with E-state index in [9.17, 15) is 24.6 Å². The minimum Gasteiger partial charge on any atom is -0.477 e. The summed E-state index contributed by atoms with van der Waals surface area (Å²) in [6, 6.07) is -0.568. The zero-order valence-electron chi connectivity index (χ0n) is 16.8. The van der Waals surface area contributed by atoms with E-state index in [0.717, 1.165) is 0 Å². The molecule has 29 heavy (non-hydrogen) atoms. The fourth-order valence-electron chi connectivity index (χ4n) is 4.15. The van der Waals surface area contributed by atoms with E-state index in [1.54, 1.807) is 25.9 Å². The zero-order chi connectivity index (χ0) is 19.3. The molecule has 0 bridgehead atoms. The summed E-state index contributed by atoms with van der Waals surface area (Å²) in [4.78, 5) is 39.8. The number of carbonyl (C=O) groups is 3. The average Bonchev–Trinajstić information content (AvgIpc) is 3.09. The van der Waals surface area contributed by atoms with Crippen molar-refractivity contribution in [1.82, 2.24) is 15.1 Å². The predicted molar refractivity (Wildman–Crippen MR) is 107 cm³/mol. The maximum absolute atomic E-state index is 12.3. The van der Waals surface area contributed by atoms with Gasteiger partial charge in [-0.3, -0.25) is 9.59 Å². The average molecular weight is 438 g/mol. The van der Waals surface area contributed by atoms with Gasteiger partial charge in [-0.25, -0.2) is 4.79 Å². The molecule has 2 unspecified atom stereocenters. The van der Waals surface area contributed by atoms with Crippen LogP contribution in [0.1, 0.15) is 20.3 Å². The number of aliphatic hydroxyl groups is 1. The Morgan fingerprint density at radius 2 is 1.86 bits per heavy atom. The van der Waals surface area contributed by atoms with Crippen LogP contribution in [0, 0.1) is 11.8 Å². The highest BCUT2D eigenvalue weighted by molar-refractivity contribution is 8.03. The lowest BCUT2D eigenvalue weighted by molar-refractivity contribution is -0.163. The number of thioether (sulfide) groups is 1. The second-order valence-corrected chi connectivity index (χ2v) is 8.78. The van der Waals surface area contributed by atoms with Crippen LogP contribution < -0.4 is 5.32 Å². The summed E-state index contributed by atoms with van der Waals surface area (Å²) in [5.41, 5.74) is 0.0387. The number of nitrogens with zero attached hydrogens (tertiary/aromatic N) is 2. The number of nitrogens with one attached hydrogen (secondary N) is 1. The van der Waals surface area contributed by atoms with Gasteiger partial charge < -0.3 is 41.8 Å². The Morgan fingerprint density at radius 3 is 2.34 bits per heavy atom. The van der Waals surface area contributed by atoms with Gasteiger partial charge in [-0.2, -0.15) is 0 Å². The fraction of sp³-hybridized carbons (Fsp3) is 0.706. The number of likely N-dealkylation sites (N-methyl/N-ethyl adjacent to an activating group) is 1. The van der Waals surface area contributed by atoms with Gasteiger partial charge in [0.25, 0.3) is 0 Å². The summed E-state index contributed by atoms with van der Waals surface area (Å²) >= 11 is 1.45. The van der Waals surface area contributed by atoms with Crippen molar-refractivity contribution in [1.29, 1.82) is 0 Å². The van der Waals surface area contributed by atoms with Gasteiger partial charge in [0, 0.05) is 36.7 Å². The van der Waals surface area contributed by atoms with E-state index in [0.29, 0.717) is 17.9 Å². The highest BCUT2D eigenvalue weighted by Crippen LogP contribution is 2.51. The van der Waals surface area contributed by atoms with Gasteiger partial charge >= 0.3 is 5.97 Å². The third-order valence-electron chi connectivity index (χ3n) is 5.43. The van der Waals surface area contributed by atoms with Gasteiger partial charge in [0.05, 0.1) is 24.1 Å². The molecule has 6 atom stereocenters. The maximum Gasteiger partial charge on any atom is 0.353 e. The quantitative estimate of drug-likeness (QED) is 0.385. The third kappa shape index (κ3) is 4.42. The maximum atomic E-state index is 12.3. The molecular formula is C17H31N3O8S. The van der Waals surface area contributed by atoms with Crippen molar-refractivity contribution in [2.45, 2.75) is 43.7 Å². The first-order valence-electron chi connectivity index (χ1n) is 8.75. The second kappa shape index (κ2) is 9.87. The van der Waals surface area contributed by atoms with E-state index >= 15 is 0 Å². The van der Waals surface area contributed by atoms with Crippen LogP contribution in [-0.4, -0.2) is 98.3 Å². The molecule has 9 N–H and O–H groups in total. The number of carboxylic acids is 1. The molecule has 0 aromatic heterocycles. The van der Waals surface area contributed by atoms with Gasteiger partial charge in [-0.1, -0.05) is 6.92 Å².